The highest BCUT2D eigenvalue weighted by Gasteiger charge is 2.41. The fourth-order valence-electron chi connectivity index (χ4n) is 8.12. The van der Waals surface area contributed by atoms with E-state index in [1.807, 2.05) is 24.3 Å². The molecule has 8 aromatic rings. The summed E-state index contributed by atoms with van der Waals surface area (Å²) in [5.41, 5.74) is 7.83. The van der Waals surface area contributed by atoms with Crippen LogP contribution in [0.5, 0.6) is 11.5 Å². The smallest absolute Gasteiger partial charge is 0.330 e. The zero-order valence-electron chi connectivity index (χ0n) is 34.1. The minimum Gasteiger partial charge on any atom is -0.478 e. The lowest BCUT2D eigenvalue weighted by Crippen LogP contribution is -2.33. The molecule has 5 nitrogen and oxygen atoms in total. The summed E-state index contributed by atoms with van der Waals surface area (Å²) in [7, 11) is 0. The topological polar surface area (TPSA) is 65.0 Å². The Labute approximate surface area is 358 Å². The molecule has 0 heterocycles. The number of carboxylic acid groups (broad SMARTS) is 1. The van der Waals surface area contributed by atoms with Gasteiger partial charge in [0.2, 0.25) is 0 Å². The molecule has 0 bridgehead atoms. The van der Waals surface area contributed by atoms with Gasteiger partial charge in [0.25, 0.3) is 0 Å². The number of hydrogen-bond acceptors (Lipinski definition) is 4. The highest BCUT2D eigenvalue weighted by molar-refractivity contribution is 5.84. The summed E-state index contributed by atoms with van der Waals surface area (Å²) in [6.45, 7) is 4.60. The zero-order chi connectivity index (χ0) is 42.3. The number of carboxylic acids is 1. The molecule has 0 saturated heterocycles. The normalized spacial score (nSPS) is 11.1. The Balaban J connectivity index is 0.000000873. The molecule has 0 saturated carbocycles. The van der Waals surface area contributed by atoms with E-state index in [1.54, 1.807) is 0 Å². The minimum atomic E-state index is -0.935. The average Bonchev–Trinajstić information content (AvgIpc) is 3.32. The number of hydrogen-bond donors (Lipinski definition) is 1. The lowest BCUT2D eigenvalue weighted by atomic mass is 9.66. The Morgan fingerprint density at radius 3 is 0.951 bits per heavy atom. The van der Waals surface area contributed by atoms with Crippen molar-refractivity contribution < 1.29 is 24.7 Å². The van der Waals surface area contributed by atoms with Crippen LogP contribution >= 0.6 is 0 Å². The molecule has 0 fully saturated rings. The minimum absolute atomic E-state index is 0.176. The van der Waals surface area contributed by atoms with Crippen LogP contribution in [0.4, 0.5) is 0 Å². The van der Waals surface area contributed by atoms with Crippen LogP contribution in [0.2, 0.25) is 0 Å². The monoisotopic (exact) mass is 800 g/mol. The van der Waals surface area contributed by atoms with Crippen LogP contribution in [-0.2, 0) is 33.5 Å². The van der Waals surface area contributed by atoms with E-state index >= 15 is 0 Å². The first kappa shape index (κ1) is 41.7. The van der Waals surface area contributed by atoms with Gasteiger partial charge in [-0.1, -0.05) is 225 Å². The van der Waals surface area contributed by atoms with Gasteiger partial charge in [0.15, 0.2) is 11.5 Å². The van der Waals surface area contributed by atoms with Crippen LogP contribution in [0.15, 0.2) is 243 Å². The predicted molar refractivity (Wildman–Crippen MR) is 243 cm³/mol. The average molecular weight is 801 g/mol. The van der Waals surface area contributed by atoms with Crippen molar-refractivity contribution in [2.45, 2.75) is 30.6 Å². The maximum absolute atomic E-state index is 9.60. The van der Waals surface area contributed by atoms with E-state index in [0.717, 1.165) is 33.4 Å². The number of para-hydroxylation sites is 2. The first-order valence-electron chi connectivity index (χ1n) is 20.3. The van der Waals surface area contributed by atoms with Crippen molar-refractivity contribution in [3.63, 3.8) is 0 Å². The van der Waals surface area contributed by atoms with E-state index in [9.17, 15) is 4.79 Å². The van der Waals surface area contributed by atoms with Crippen molar-refractivity contribution in [2.24, 2.45) is 0 Å². The van der Waals surface area contributed by atoms with Gasteiger partial charge in [0.05, 0.1) is 10.8 Å². The van der Waals surface area contributed by atoms with Crippen LogP contribution in [0, 0.1) is 0 Å². The van der Waals surface area contributed by atoms with Gasteiger partial charge in [0.1, 0.15) is 0 Å². The molecule has 0 amide bonds. The molecule has 8 aromatic carbocycles. The van der Waals surface area contributed by atoms with Crippen LogP contribution in [-0.4, -0.2) is 11.1 Å². The highest BCUT2D eigenvalue weighted by Crippen LogP contribution is 2.48. The fourth-order valence-corrected chi connectivity index (χ4v) is 8.12. The van der Waals surface area contributed by atoms with Crippen LogP contribution in [0.3, 0.4) is 0 Å². The maximum Gasteiger partial charge on any atom is 0.330 e. The standard InChI is InChI=1S/C52H42O3.C4H6O2/c1-7-23-41(24-8-1)39-51(43-27-11-3-12-28-43,44-29-13-4-14-30-44)47-35-19-21-37-49(47)53-55-54-50-38-22-20-36-48(50)52(45-31-15-5-16-32-45,46-33-17-6-18-34-46)40-42-25-9-2-10-26-42;1-3(2)4(5)6/h1-38H,39-40H2;1H2,2H3,(H,5,6). The first-order valence-corrected chi connectivity index (χ1v) is 20.3. The summed E-state index contributed by atoms with van der Waals surface area (Å²) in [6.07, 6.45) is 1.39. The molecule has 0 aliphatic rings. The molecule has 8 rings (SSSR count). The van der Waals surface area contributed by atoms with Gasteiger partial charge in [-0.25, -0.2) is 4.79 Å². The quantitative estimate of drug-likeness (QED) is 0.0484. The predicted octanol–water partition coefficient (Wildman–Crippen LogP) is 12.8. The summed E-state index contributed by atoms with van der Waals surface area (Å²) in [4.78, 5) is 22.2. The summed E-state index contributed by atoms with van der Waals surface area (Å²) in [5.74, 6) is 0.186. The first-order chi connectivity index (χ1) is 29.9. The number of carbonyl (C=O) groups is 1. The molecular weight excluding hydrogens is 753 g/mol. The molecule has 0 aliphatic heterocycles. The second kappa shape index (κ2) is 20.0. The Hall–Kier alpha value is -7.47. The van der Waals surface area contributed by atoms with Gasteiger partial charge in [-0.3, -0.25) is 9.78 Å². The number of benzene rings is 8. The van der Waals surface area contributed by atoms with Crippen molar-refractivity contribution in [1.29, 1.82) is 0 Å². The highest BCUT2D eigenvalue weighted by atomic mass is 17.5. The third-order valence-electron chi connectivity index (χ3n) is 11.0. The molecule has 0 atom stereocenters. The summed E-state index contributed by atoms with van der Waals surface area (Å²) in [6, 6.07) is 80.0. The SMILES string of the molecule is C=C(C)C(=O)O.c1ccc(CC(c2ccccc2)(c2ccccc2)c2ccccc2OOOc2ccccc2C(Cc2ccccc2)(c2ccccc2)c2ccccc2)cc1. The van der Waals surface area contributed by atoms with E-state index in [1.165, 1.54) is 18.1 Å². The molecule has 302 valence electrons. The molecule has 0 aromatic heterocycles. The second-order valence-corrected chi connectivity index (χ2v) is 14.9. The van der Waals surface area contributed by atoms with Crippen LogP contribution in [0.1, 0.15) is 51.4 Å². The molecule has 0 aliphatic carbocycles. The Morgan fingerprint density at radius 2 is 0.672 bits per heavy atom. The Kier molecular flexibility index (Phi) is 13.7. The van der Waals surface area contributed by atoms with Crippen molar-refractivity contribution in [3.8, 4) is 11.5 Å². The van der Waals surface area contributed by atoms with E-state index in [0.29, 0.717) is 24.3 Å². The maximum atomic E-state index is 9.60. The van der Waals surface area contributed by atoms with Crippen molar-refractivity contribution >= 4 is 5.97 Å². The van der Waals surface area contributed by atoms with Crippen molar-refractivity contribution in [2.75, 3.05) is 0 Å². The van der Waals surface area contributed by atoms with Gasteiger partial charge in [-0.2, -0.15) is 0 Å². The van der Waals surface area contributed by atoms with Gasteiger partial charge >= 0.3 is 5.97 Å². The Bertz CT molecular complexity index is 2330. The van der Waals surface area contributed by atoms with E-state index in [4.69, 9.17) is 19.9 Å². The number of aliphatic carboxylic acids is 1. The Morgan fingerprint density at radius 1 is 0.426 bits per heavy atom. The third kappa shape index (κ3) is 9.55. The third-order valence-corrected chi connectivity index (χ3v) is 11.0. The summed E-state index contributed by atoms with van der Waals surface area (Å²) < 4.78 is 0. The van der Waals surface area contributed by atoms with Gasteiger partial charge in [-0.15, -0.1) is 0 Å². The fraction of sp³-hybridized carbons (Fsp3) is 0.0893. The van der Waals surface area contributed by atoms with Crippen LogP contribution < -0.4 is 9.78 Å². The molecule has 1 N–H and O–H groups in total. The molecule has 0 spiro atoms. The van der Waals surface area contributed by atoms with E-state index in [2.05, 4.69) is 213 Å². The van der Waals surface area contributed by atoms with Crippen LogP contribution in [0.25, 0.3) is 0 Å². The molecule has 61 heavy (non-hydrogen) atoms. The van der Waals surface area contributed by atoms with Crippen molar-refractivity contribution in [3.05, 3.63) is 287 Å². The van der Waals surface area contributed by atoms with E-state index < -0.39 is 16.8 Å². The van der Waals surface area contributed by atoms with Gasteiger partial charge in [0, 0.05) is 21.7 Å². The zero-order valence-corrected chi connectivity index (χ0v) is 34.1. The lowest BCUT2D eigenvalue weighted by molar-refractivity contribution is -0.411. The molecule has 0 unspecified atom stereocenters. The van der Waals surface area contributed by atoms with Crippen molar-refractivity contribution in [1.82, 2.24) is 0 Å². The molecular formula is C56H48O5. The van der Waals surface area contributed by atoms with E-state index in [-0.39, 0.29) is 5.57 Å². The molecule has 5 heteroatoms. The second-order valence-electron chi connectivity index (χ2n) is 14.9. The summed E-state index contributed by atoms with van der Waals surface area (Å²) >= 11 is 0. The lowest BCUT2D eigenvalue weighted by Gasteiger charge is -2.37. The molecule has 0 radical (unpaired) electrons. The number of rotatable bonds is 15. The largest absolute Gasteiger partial charge is 0.478 e. The van der Waals surface area contributed by atoms with Gasteiger partial charge < -0.3 is 5.11 Å². The summed E-state index contributed by atoms with van der Waals surface area (Å²) in [5, 5.41) is 13.8. The van der Waals surface area contributed by atoms with Gasteiger partial charge in [-0.05, 0) is 65.3 Å².